The first-order valence-electron chi connectivity index (χ1n) is 21.6. The zero-order valence-corrected chi connectivity index (χ0v) is 38.7. The number of esters is 4. The Morgan fingerprint density at radius 2 is 0.971 bits per heavy atom. The highest BCUT2D eigenvalue weighted by Gasteiger charge is 2.54. The number of hydrogen-bond acceptors (Lipinski definition) is 24. The van der Waals surface area contributed by atoms with E-state index in [1.54, 1.807) is 0 Å². The molecule has 1 unspecified atom stereocenters. The molecule has 68 heavy (non-hydrogen) atoms. The third kappa shape index (κ3) is 9.26. The number of halogens is 2. The van der Waals surface area contributed by atoms with Gasteiger partial charge in [0.2, 0.25) is 22.2 Å². The molecule has 30 heteroatoms. The van der Waals surface area contributed by atoms with Gasteiger partial charge in [-0.2, -0.15) is 29.5 Å². The van der Waals surface area contributed by atoms with Gasteiger partial charge < -0.3 is 39.1 Å². The van der Waals surface area contributed by atoms with Crippen LogP contribution in [0.3, 0.4) is 0 Å². The summed E-state index contributed by atoms with van der Waals surface area (Å²) in [6, 6.07) is -0.155. The molecule has 0 aromatic carbocycles. The van der Waals surface area contributed by atoms with Gasteiger partial charge in [0.15, 0.2) is 83.0 Å². The Bertz CT molecular complexity index is 2670. The Balaban J connectivity index is 0.921. The van der Waals surface area contributed by atoms with Crippen molar-refractivity contribution < 1.29 is 47.6 Å². The summed E-state index contributed by atoms with van der Waals surface area (Å²) in [5.41, 5.74) is 1.21. The molecule has 0 amide bonds. The fourth-order valence-electron chi connectivity index (χ4n) is 8.55. The molecule has 1 saturated carbocycles. The quantitative estimate of drug-likeness (QED) is 0.0899. The van der Waals surface area contributed by atoms with Crippen LogP contribution in [-0.4, -0.2) is 140 Å². The molecule has 3 fully saturated rings. The van der Waals surface area contributed by atoms with Crippen LogP contribution in [-0.2, 0) is 60.7 Å². The summed E-state index contributed by atoms with van der Waals surface area (Å²) in [6.07, 6.45) is -3.40. The van der Waals surface area contributed by atoms with Crippen molar-refractivity contribution >= 4 is 81.0 Å². The maximum absolute atomic E-state index is 12.4. The number of nitrogens with zero attached hydrogens (tertiary/aromatic N) is 16. The summed E-state index contributed by atoms with van der Waals surface area (Å²) in [7, 11) is 0. The minimum atomic E-state index is -1.17. The number of nitrogens with one attached hydrogen (secondary N) is 2. The average Bonchev–Trinajstić information content (AvgIpc) is 4.15. The Kier molecular flexibility index (Phi) is 13.0. The van der Waals surface area contributed by atoms with Gasteiger partial charge in [-0.3, -0.25) is 28.3 Å². The lowest BCUT2D eigenvalue weighted by Crippen LogP contribution is -2.37. The van der Waals surface area contributed by atoms with Crippen LogP contribution in [0.5, 0.6) is 0 Å². The monoisotopic (exact) mass is 982 g/mol. The van der Waals surface area contributed by atoms with Crippen molar-refractivity contribution in [1.29, 1.82) is 0 Å². The van der Waals surface area contributed by atoms with E-state index < -0.39 is 73.0 Å². The van der Waals surface area contributed by atoms with Crippen molar-refractivity contribution in [2.24, 2.45) is 0 Å². The molecule has 8 heterocycles. The molecule has 0 spiro atoms. The second-order valence-electron chi connectivity index (χ2n) is 16.0. The third-order valence-electron chi connectivity index (χ3n) is 11.3. The maximum atomic E-state index is 12.4. The van der Waals surface area contributed by atoms with Gasteiger partial charge in [-0.05, 0) is 73.2 Å². The molecule has 3 aliphatic rings. The third-order valence-corrected chi connectivity index (χ3v) is 11.7. The van der Waals surface area contributed by atoms with Crippen LogP contribution in [0.15, 0.2) is 12.7 Å². The van der Waals surface area contributed by atoms with Gasteiger partial charge in [0.05, 0.1) is 25.7 Å². The zero-order valence-electron chi connectivity index (χ0n) is 37.2. The molecule has 0 radical (unpaired) electrons. The molecule has 360 valence electrons. The lowest BCUT2D eigenvalue weighted by Gasteiger charge is -2.30. The van der Waals surface area contributed by atoms with Crippen LogP contribution in [0.25, 0.3) is 22.3 Å². The van der Waals surface area contributed by atoms with E-state index in [4.69, 9.17) is 51.6 Å². The minimum Gasteiger partial charge on any atom is -0.455 e. The highest BCUT2D eigenvalue weighted by Crippen LogP contribution is 2.44. The predicted molar refractivity (Wildman–Crippen MR) is 229 cm³/mol. The van der Waals surface area contributed by atoms with E-state index in [-0.39, 0.29) is 45.6 Å². The molecule has 0 bridgehead atoms. The molecule has 6 aromatic rings. The summed E-state index contributed by atoms with van der Waals surface area (Å²) in [6.45, 7) is 9.41. The number of rotatable bonds is 14. The van der Waals surface area contributed by atoms with E-state index >= 15 is 0 Å². The van der Waals surface area contributed by atoms with E-state index in [0.717, 1.165) is 0 Å². The fraction of sp³-hybridized carbons (Fsp3) is 0.579. The van der Waals surface area contributed by atoms with E-state index in [1.165, 1.54) is 59.1 Å². The van der Waals surface area contributed by atoms with E-state index in [9.17, 15) is 19.2 Å². The predicted octanol–water partition coefficient (Wildman–Crippen LogP) is 2.39. The van der Waals surface area contributed by atoms with Crippen LogP contribution in [0, 0.1) is 0 Å². The summed E-state index contributed by atoms with van der Waals surface area (Å²) < 4.78 is 38.5. The Labute approximate surface area is 394 Å². The normalized spacial score (nSPS) is 25.9. The summed E-state index contributed by atoms with van der Waals surface area (Å²) in [4.78, 5) is 79.2. The molecule has 1 aliphatic carbocycles. The molecule has 2 saturated heterocycles. The lowest BCUT2D eigenvalue weighted by molar-refractivity contribution is -0.165. The van der Waals surface area contributed by atoms with Crippen LogP contribution in [0.1, 0.15) is 104 Å². The molecule has 2 aliphatic heterocycles. The van der Waals surface area contributed by atoms with Gasteiger partial charge in [-0.25, -0.2) is 9.97 Å². The van der Waals surface area contributed by atoms with Crippen molar-refractivity contribution in [3.8, 4) is 0 Å². The number of imidazole rings is 2. The number of ether oxygens (including phenoxy) is 6. The van der Waals surface area contributed by atoms with Crippen molar-refractivity contribution in [3.05, 3.63) is 34.9 Å². The zero-order chi connectivity index (χ0) is 48.0. The second kappa shape index (κ2) is 19.1. The minimum absolute atomic E-state index is 0.0775. The van der Waals surface area contributed by atoms with E-state index in [1.807, 2.05) is 13.8 Å². The van der Waals surface area contributed by atoms with Crippen molar-refractivity contribution in [3.63, 3.8) is 0 Å². The summed E-state index contributed by atoms with van der Waals surface area (Å²) >= 11 is 13.1. The number of aromatic nitrogens is 16. The van der Waals surface area contributed by atoms with Crippen LogP contribution in [0.4, 0.5) is 11.6 Å². The molecule has 8 atom stereocenters. The fourth-order valence-corrected chi connectivity index (χ4v) is 8.88. The standard InChI is InChI=1S/C38H44Cl2N18O10/c1-7-57-51-31(49-53-57)25-23(63-15(3)59)27(65-17(5)61)35(67-25)55-13-41-21-29(45-37(39)47-33(21)55)43-19-9-11-20(12-10-19)44-30-22-34(48-38(40)46-30)56(14-42-22)36-28(66-18(6)62)24(64-16(4)60)26(68-36)32-50-54-58(8-2)52-32/h13-14,19-20,23-28,35-36H,7-12H2,1-6H3,(H,43,45,47)(H,44,46,48)/t19?,20?,23-,24-,25+,26+,27-,28-,35-,36?/m1/s1. The van der Waals surface area contributed by atoms with Gasteiger partial charge in [-0.15, -0.1) is 20.4 Å². The highest BCUT2D eigenvalue weighted by atomic mass is 35.5. The summed E-state index contributed by atoms with van der Waals surface area (Å²) in [5.74, 6) is -1.63. The number of carbonyl (C=O) groups excluding carboxylic acids is 4. The number of aryl methyl sites for hydroxylation is 2. The Morgan fingerprint density at radius 3 is 1.31 bits per heavy atom. The highest BCUT2D eigenvalue weighted by molar-refractivity contribution is 6.29. The van der Waals surface area contributed by atoms with Crippen LogP contribution >= 0.6 is 23.2 Å². The Hall–Kier alpha value is -6.78. The van der Waals surface area contributed by atoms with Crippen LogP contribution < -0.4 is 10.6 Å². The largest absolute Gasteiger partial charge is 0.455 e. The number of fused-ring (bicyclic) bond motifs is 2. The maximum Gasteiger partial charge on any atom is 0.303 e. The van der Waals surface area contributed by atoms with Gasteiger partial charge in [-0.1, -0.05) is 0 Å². The van der Waals surface area contributed by atoms with Gasteiger partial charge in [0.25, 0.3) is 0 Å². The molecular weight excluding hydrogens is 939 g/mol. The summed E-state index contributed by atoms with van der Waals surface area (Å²) in [5, 5.41) is 31.7. The smallest absolute Gasteiger partial charge is 0.303 e. The molecule has 6 aromatic heterocycles. The van der Waals surface area contributed by atoms with Crippen molar-refractivity contribution in [2.75, 3.05) is 10.6 Å². The second-order valence-corrected chi connectivity index (χ2v) is 16.7. The van der Waals surface area contributed by atoms with Crippen molar-refractivity contribution in [1.82, 2.24) is 79.5 Å². The van der Waals surface area contributed by atoms with E-state index in [0.29, 0.717) is 61.4 Å². The molecule has 28 nitrogen and oxygen atoms in total. The van der Waals surface area contributed by atoms with Gasteiger partial charge in [0, 0.05) is 39.8 Å². The van der Waals surface area contributed by atoms with Crippen LogP contribution in [0.2, 0.25) is 10.6 Å². The topological polar surface area (TPSA) is 322 Å². The number of anilines is 2. The molecule has 9 rings (SSSR count). The van der Waals surface area contributed by atoms with Gasteiger partial charge >= 0.3 is 23.9 Å². The SMILES string of the molecule is CCn1nnc([C@H]2OC(n3cnc4c(NC5CCC(Nc6nc(Cl)nc7c6ncn7[C@@H]6O[C@H](c7nnn(CC)n7)[C@@H](OC(C)=O)[C@H]6OC(C)=O)CC5)nc(Cl)nc43)[C@H](OC(C)=O)[C@@H]2OC(C)=O)n1. The molecular formula is C38H44Cl2N18O10. The first kappa shape index (κ1) is 46.3. The molecule has 2 N–H and O–H groups in total. The van der Waals surface area contributed by atoms with Crippen molar-refractivity contribution in [2.45, 2.75) is 141 Å². The first-order valence-corrected chi connectivity index (χ1v) is 22.3. The van der Waals surface area contributed by atoms with E-state index in [2.05, 4.69) is 71.4 Å². The average molecular weight is 984 g/mol. The number of hydrogen-bond donors (Lipinski definition) is 2. The number of tetrazole rings is 2. The Morgan fingerprint density at radius 1 is 0.603 bits per heavy atom. The number of carbonyl (C=O) groups is 4. The van der Waals surface area contributed by atoms with Gasteiger partial charge in [0.1, 0.15) is 0 Å². The first-order chi connectivity index (χ1) is 32.7. The lowest BCUT2D eigenvalue weighted by atomic mass is 9.91.